The lowest BCUT2D eigenvalue weighted by atomic mass is 10.0. The van der Waals surface area contributed by atoms with Gasteiger partial charge >= 0.3 is 0 Å². The molecule has 0 bridgehead atoms. The van der Waals surface area contributed by atoms with Gasteiger partial charge in [0, 0.05) is 64.2 Å². The molecule has 0 aliphatic carbocycles. The van der Waals surface area contributed by atoms with E-state index in [0.717, 1.165) is 48.6 Å². The molecular weight excluding hydrogens is 456 g/mol. The second-order valence-electron chi connectivity index (χ2n) is 9.46. The zero-order valence-electron chi connectivity index (χ0n) is 21.1. The first-order chi connectivity index (χ1) is 16.7. The number of para-hydroxylation sites is 1. The molecule has 0 radical (unpaired) electrons. The smallest absolute Gasteiger partial charge is 0.240 e. The van der Waals surface area contributed by atoms with Crippen LogP contribution in [0.2, 0.25) is 0 Å². The highest BCUT2D eigenvalue weighted by atomic mass is 32.2. The van der Waals surface area contributed by atoms with Crippen LogP contribution in [0, 0.1) is 13.8 Å². The topological polar surface area (TPSA) is 55.9 Å². The third-order valence-electron chi connectivity index (χ3n) is 6.93. The fourth-order valence-electron chi connectivity index (χ4n) is 4.54. The molecule has 3 aromatic rings. The Bertz CT molecular complexity index is 1220. The van der Waals surface area contributed by atoms with Crippen LogP contribution in [0.5, 0.6) is 0 Å². The third-order valence-corrected chi connectivity index (χ3v) is 8.35. The maximum Gasteiger partial charge on any atom is 0.240 e. The molecule has 1 atom stereocenters. The lowest BCUT2D eigenvalue weighted by Crippen LogP contribution is -2.49. The summed E-state index contributed by atoms with van der Waals surface area (Å²) in [4.78, 5) is 7.17. The van der Waals surface area contributed by atoms with Gasteiger partial charge in [0.15, 0.2) is 0 Å². The third kappa shape index (κ3) is 6.04. The minimum Gasteiger partial charge on any atom is -0.378 e. The van der Waals surface area contributed by atoms with E-state index >= 15 is 0 Å². The minimum atomic E-state index is -3.61. The Morgan fingerprint density at radius 3 is 2.11 bits per heavy atom. The first-order valence-electron chi connectivity index (χ1n) is 12.1. The summed E-state index contributed by atoms with van der Waals surface area (Å²) in [5.74, 6) is 0. The van der Waals surface area contributed by atoms with Crippen LogP contribution in [-0.2, 0) is 10.0 Å². The standard InChI is InChI=1S/C28H36N4O2S/c1-22-10-15-27(20-23(22)2)35(33,34)29-21-28(24-11-13-25(14-12-24)30(3)4)32-18-16-31(17-19-32)26-8-6-5-7-9-26/h5-15,20,28-29H,16-19,21H2,1-4H3/t28-/m1/s1. The molecule has 3 aromatic carbocycles. The summed E-state index contributed by atoms with van der Waals surface area (Å²) in [7, 11) is 0.430. The van der Waals surface area contributed by atoms with Gasteiger partial charge in [-0.2, -0.15) is 0 Å². The van der Waals surface area contributed by atoms with Crippen LogP contribution >= 0.6 is 0 Å². The van der Waals surface area contributed by atoms with E-state index in [4.69, 9.17) is 0 Å². The van der Waals surface area contributed by atoms with Gasteiger partial charge < -0.3 is 9.80 Å². The van der Waals surface area contributed by atoms with Crippen molar-refractivity contribution in [2.75, 3.05) is 56.6 Å². The SMILES string of the molecule is Cc1ccc(S(=O)(=O)NC[C@H](c2ccc(N(C)C)cc2)N2CCN(c3ccccc3)CC2)cc1C. The van der Waals surface area contributed by atoms with Crippen LogP contribution in [0.3, 0.4) is 0 Å². The van der Waals surface area contributed by atoms with Crippen LogP contribution in [0.1, 0.15) is 22.7 Å². The van der Waals surface area contributed by atoms with Crippen molar-refractivity contribution in [2.45, 2.75) is 24.8 Å². The van der Waals surface area contributed by atoms with Gasteiger partial charge in [-0.05, 0) is 66.9 Å². The largest absolute Gasteiger partial charge is 0.378 e. The van der Waals surface area contributed by atoms with E-state index < -0.39 is 10.0 Å². The monoisotopic (exact) mass is 492 g/mol. The van der Waals surface area contributed by atoms with E-state index in [1.165, 1.54) is 5.69 Å². The van der Waals surface area contributed by atoms with E-state index in [0.29, 0.717) is 11.4 Å². The zero-order chi connectivity index (χ0) is 25.0. The molecule has 0 saturated carbocycles. The lowest BCUT2D eigenvalue weighted by molar-refractivity contribution is 0.187. The predicted molar refractivity (Wildman–Crippen MR) is 145 cm³/mol. The van der Waals surface area contributed by atoms with Crippen LogP contribution < -0.4 is 14.5 Å². The fraction of sp³-hybridized carbons (Fsp3) is 0.357. The maximum absolute atomic E-state index is 13.2. The average Bonchev–Trinajstić information content (AvgIpc) is 2.87. The molecule has 7 heteroatoms. The summed E-state index contributed by atoms with van der Waals surface area (Å²) in [6.07, 6.45) is 0. The van der Waals surface area contributed by atoms with Crippen molar-refractivity contribution in [3.8, 4) is 0 Å². The number of sulfonamides is 1. The second kappa shape index (κ2) is 10.8. The summed E-state index contributed by atoms with van der Waals surface area (Å²) in [6, 6.07) is 24.1. The molecule has 186 valence electrons. The molecule has 1 fully saturated rings. The summed E-state index contributed by atoms with van der Waals surface area (Å²) >= 11 is 0. The highest BCUT2D eigenvalue weighted by Gasteiger charge is 2.27. The zero-order valence-corrected chi connectivity index (χ0v) is 21.9. The van der Waals surface area contributed by atoms with Gasteiger partial charge in [-0.3, -0.25) is 4.90 Å². The minimum absolute atomic E-state index is 0.0505. The van der Waals surface area contributed by atoms with Crippen LogP contribution in [-0.4, -0.2) is 60.1 Å². The van der Waals surface area contributed by atoms with Crippen molar-refractivity contribution in [3.05, 3.63) is 89.5 Å². The van der Waals surface area contributed by atoms with Gasteiger partial charge in [-0.1, -0.05) is 36.4 Å². The molecule has 4 rings (SSSR count). The number of rotatable bonds is 8. The predicted octanol–water partition coefficient (Wildman–Crippen LogP) is 4.21. The molecule has 1 saturated heterocycles. The molecule has 0 aromatic heterocycles. The Labute approximate surface area is 210 Å². The summed E-state index contributed by atoms with van der Waals surface area (Å²) in [6.45, 7) is 7.78. The fourth-order valence-corrected chi connectivity index (χ4v) is 5.66. The number of anilines is 2. The van der Waals surface area contributed by atoms with Crippen molar-refractivity contribution in [3.63, 3.8) is 0 Å². The Hall–Kier alpha value is -2.87. The van der Waals surface area contributed by atoms with Crippen LogP contribution in [0.25, 0.3) is 0 Å². The number of hydrogen-bond acceptors (Lipinski definition) is 5. The molecule has 6 nitrogen and oxygen atoms in total. The Morgan fingerprint density at radius 2 is 1.51 bits per heavy atom. The average molecular weight is 493 g/mol. The summed E-state index contributed by atoms with van der Waals surface area (Å²) < 4.78 is 29.2. The van der Waals surface area contributed by atoms with Crippen molar-refractivity contribution >= 4 is 21.4 Å². The summed E-state index contributed by atoms with van der Waals surface area (Å²) in [5.41, 5.74) is 5.53. The Kier molecular flexibility index (Phi) is 7.79. The molecule has 1 aliphatic heterocycles. The Balaban J connectivity index is 1.53. The van der Waals surface area contributed by atoms with Gasteiger partial charge in [-0.25, -0.2) is 13.1 Å². The summed E-state index contributed by atoms with van der Waals surface area (Å²) in [5, 5.41) is 0. The first kappa shape index (κ1) is 25.2. The van der Waals surface area contributed by atoms with Crippen molar-refractivity contribution in [2.24, 2.45) is 0 Å². The quantitative estimate of drug-likeness (QED) is 0.511. The first-order valence-corrected chi connectivity index (χ1v) is 13.6. The molecule has 1 N–H and O–H groups in total. The molecular formula is C28H36N4O2S. The maximum atomic E-state index is 13.2. The molecule has 35 heavy (non-hydrogen) atoms. The number of benzene rings is 3. The molecule has 0 amide bonds. The number of aryl methyl sites for hydroxylation is 2. The van der Waals surface area contributed by atoms with E-state index in [-0.39, 0.29) is 6.04 Å². The Morgan fingerprint density at radius 1 is 0.857 bits per heavy atom. The van der Waals surface area contributed by atoms with E-state index in [1.807, 2.05) is 40.1 Å². The van der Waals surface area contributed by atoms with Crippen LogP contribution in [0.4, 0.5) is 11.4 Å². The van der Waals surface area contributed by atoms with Gasteiger partial charge in [0.25, 0.3) is 0 Å². The van der Waals surface area contributed by atoms with Gasteiger partial charge in [0.2, 0.25) is 10.0 Å². The number of nitrogens with one attached hydrogen (secondary N) is 1. The molecule has 0 spiro atoms. The molecule has 1 aliphatic rings. The second-order valence-corrected chi connectivity index (χ2v) is 11.2. The van der Waals surface area contributed by atoms with Gasteiger partial charge in [-0.15, -0.1) is 0 Å². The highest BCUT2D eigenvalue weighted by molar-refractivity contribution is 7.89. The van der Waals surface area contributed by atoms with Gasteiger partial charge in [0.1, 0.15) is 0 Å². The van der Waals surface area contributed by atoms with Crippen molar-refractivity contribution in [1.82, 2.24) is 9.62 Å². The van der Waals surface area contributed by atoms with Gasteiger partial charge in [0.05, 0.1) is 4.90 Å². The van der Waals surface area contributed by atoms with E-state index in [9.17, 15) is 8.42 Å². The van der Waals surface area contributed by atoms with E-state index in [2.05, 4.69) is 68.0 Å². The van der Waals surface area contributed by atoms with Crippen molar-refractivity contribution in [1.29, 1.82) is 0 Å². The lowest BCUT2D eigenvalue weighted by Gasteiger charge is -2.40. The normalized spacial score (nSPS) is 15.7. The number of nitrogens with zero attached hydrogens (tertiary/aromatic N) is 3. The van der Waals surface area contributed by atoms with E-state index in [1.54, 1.807) is 12.1 Å². The molecule has 0 unspecified atom stereocenters. The van der Waals surface area contributed by atoms with Crippen molar-refractivity contribution < 1.29 is 8.42 Å². The van der Waals surface area contributed by atoms with Crippen LogP contribution in [0.15, 0.2) is 77.7 Å². The number of hydrogen-bond donors (Lipinski definition) is 1. The highest BCUT2D eigenvalue weighted by Crippen LogP contribution is 2.26. The molecule has 1 heterocycles. The number of piperazine rings is 1.